The van der Waals surface area contributed by atoms with Crippen molar-refractivity contribution in [3.05, 3.63) is 28.2 Å². The molecule has 6 nitrogen and oxygen atoms in total. The van der Waals surface area contributed by atoms with Gasteiger partial charge in [-0.1, -0.05) is 22.9 Å². The minimum Gasteiger partial charge on any atom is -0.366 e. The molecule has 0 spiro atoms. The molecule has 0 heterocycles. The lowest BCUT2D eigenvalue weighted by molar-refractivity contribution is 0.1000. The number of likely N-dealkylation sites (N-methyl/N-ethyl adjacent to an activating group) is 1. The Morgan fingerprint density at radius 2 is 2.00 bits per heavy atom. The van der Waals surface area contributed by atoms with E-state index in [0.717, 1.165) is 6.54 Å². The third-order valence-electron chi connectivity index (χ3n) is 2.31. The summed E-state index contributed by atoms with van der Waals surface area (Å²) < 4.78 is 26.9. The molecule has 1 amide bonds. The first kappa shape index (κ1) is 16.1. The number of carbonyl (C=O) groups excluding carboxylic acids is 1. The molecular weight excluding hydrogens is 334 g/mol. The van der Waals surface area contributed by atoms with Gasteiger partial charge in [0, 0.05) is 23.1 Å². The van der Waals surface area contributed by atoms with Crippen LogP contribution in [0.25, 0.3) is 0 Å². The second-order valence-electron chi connectivity index (χ2n) is 3.79. The maximum atomic E-state index is 12.0. The smallest absolute Gasteiger partial charge is 0.248 e. The molecule has 0 fully saturated rings. The predicted molar refractivity (Wildman–Crippen MR) is 76.4 cm³/mol. The van der Waals surface area contributed by atoms with Gasteiger partial charge in [0.25, 0.3) is 0 Å². The van der Waals surface area contributed by atoms with E-state index in [1.807, 2.05) is 6.92 Å². The number of nitrogens with two attached hydrogens (primary N) is 1. The largest absolute Gasteiger partial charge is 0.366 e. The molecule has 0 radical (unpaired) electrons. The molecule has 0 unspecified atom stereocenters. The second kappa shape index (κ2) is 6.99. The van der Waals surface area contributed by atoms with E-state index in [1.54, 1.807) is 0 Å². The maximum absolute atomic E-state index is 12.0. The fourth-order valence-electron chi connectivity index (χ4n) is 1.39. The minimum atomic E-state index is -3.65. The van der Waals surface area contributed by atoms with Crippen LogP contribution < -0.4 is 15.8 Å². The highest BCUT2D eigenvalue weighted by Gasteiger charge is 2.16. The number of sulfonamides is 1. The van der Waals surface area contributed by atoms with Crippen molar-refractivity contribution in [3.8, 4) is 0 Å². The number of rotatable bonds is 7. The van der Waals surface area contributed by atoms with Crippen molar-refractivity contribution in [2.24, 2.45) is 5.73 Å². The Balaban J connectivity index is 2.91. The maximum Gasteiger partial charge on any atom is 0.248 e. The molecule has 19 heavy (non-hydrogen) atoms. The van der Waals surface area contributed by atoms with Crippen LogP contribution in [0.3, 0.4) is 0 Å². The quantitative estimate of drug-likeness (QED) is 0.621. The fourth-order valence-corrected chi connectivity index (χ4v) is 3.14. The van der Waals surface area contributed by atoms with Gasteiger partial charge in [-0.05, 0) is 24.7 Å². The number of hydrogen-bond acceptors (Lipinski definition) is 4. The summed E-state index contributed by atoms with van der Waals surface area (Å²) in [6.07, 6.45) is 0. The Kier molecular flexibility index (Phi) is 5.92. The van der Waals surface area contributed by atoms with Crippen LogP contribution in [-0.2, 0) is 10.0 Å². The van der Waals surface area contributed by atoms with Crippen molar-refractivity contribution in [2.45, 2.75) is 11.8 Å². The SMILES string of the molecule is CCNCCNS(=O)(=O)c1cc(Br)cc(C(N)=O)c1. The van der Waals surface area contributed by atoms with Crippen molar-refractivity contribution >= 4 is 31.9 Å². The van der Waals surface area contributed by atoms with E-state index in [2.05, 4.69) is 26.0 Å². The van der Waals surface area contributed by atoms with Crippen LogP contribution in [0, 0.1) is 0 Å². The van der Waals surface area contributed by atoms with Gasteiger partial charge in [0.1, 0.15) is 0 Å². The zero-order valence-corrected chi connectivity index (χ0v) is 12.8. The first-order chi connectivity index (χ1) is 8.86. The van der Waals surface area contributed by atoms with Crippen LogP contribution >= 0.6 is 15.9 Å². The van der Waals surface area contributed by atoms with E-state index in [1.165, 1.54) is 18.2 Å². The predicted octanol–water partition coefficient (Wildman–Crippen LogP) is 0.436. The molecule has 0 atom stereocenters. The third kappa shape index (κ3) is 4.90. The van der Waals surface area contributed by atoms with Crippen LogP contribution in [-0.4, -0.2) is 34.0 Å². The van der Waals surface area contributed by atoms with E-state index in [0.29, 0.717) is 11.0 Å². The number of amides is 1. The van der Waals surface area contributed by atoms with E-state index < -0.39 is 15.9 Å². The third-order valence-corrected chi connectivity index (χ3v) is 4.21. The Morgan fingerprint density at radius 3 is 2.58 bits per heavy atom. The second-order valence-corrected chi connectivity index (χ2v) is 6.47. The minimum absolute atomic E-state index is 0.00664. The Morgan fingerprint density at radius 1 is 1.32 bits per heavy atom. The molecule has 1 aromatic rings. The highest BCUT2D eigenvalue weighted by Crippen LogP contribution is 2.19. The molecule has 106 valence electrons. The summed E-state index contributed by atoms with van der Waals surface area (Å²) in [7, 11) is -3.65. The van der Waals surface area contributed by atoms with Crippen molar-refractivity contribution in [3.63, 3.8) is 0 Å². The monoisotopic (exact) mass is 349 g/mol. The first-order valence-electron chi connectivity index (χ1n) is 5.67. The number of hydrogen-bond donors (Lipinski definition) is 3. The van der Waals surface area contributed by atoms with Gasteiger partial charge < -0.3 is 11.1 Å². The molecule has 8 heteroatoms. The molecule has 0 saturated heterocycles. The van der Waals surface area contributed by atoms with Gasteiger partial charge in [0.05, 0.1) is 4.90 Å². The molecular formula is C11H16BrN3O3S. The number of benzene rings is 1. The van der Waals surface area contributed by atoms with Crippen LogP contribution in [0.5, 0.6) is 0 Å². The van der Waals surface area contributed by atoms with Crippen LogP contribution in [0.2, 0.25) is 0 Å². The molecule has 0 aliphatic rings. The summed E-state index contributed by atoms with van der Waals surface area (Å²) >= 11 is 3.15. The van der Waals surface area contributed by atoms with Gasteiger partial charge in [-0.2, -0.15) is 0 Å². The lowest BCUT2D eigenvalue weighted by Gasteiger charge is -2.08. The number of halogens is 1. The highest BCUT2D eigenvalue weighted by atomic mass is 79.9. The fraction of sp³-hybridized carbons (Fsp3) is 0.364. The molecule has 0 saturated carbocycles. The van der Waals surface area contributed by atoms with Gasteiger partial charge in [-0.25, -0.2) is 13.1 Å². The summed E-state index contributed by atoms with van der Waals surface area (Å²) in [5.74, 6) is -0.676. The topological polar surface area (TPSA) is 101 Å². The van der Waals surface area contributed by atoms with Crippen LogP contribution in [0.1, 0.15) is 17.3 Å². The van der Waals surface area contributed by atoms with Gasteiger partial charge >= 0.3 is 0 Å². The van der Waals surface area contributed by atoms with Crippen LogP contribution in [0.15, 0.2) is 27.6 Å². The van der Waals surface area contributed by atoms with E-state index in [-0.39, 0.29) is 17.0 Å². The number of nitrogens with one attached hydrogen (secondary N) is 2. The highest BCUT2D eigenvalue weighted by molar-refractivity contribution is 9.10. The van der Waals surface area contributed by atoms with E-state index in [9.17, 15) is 13.2 Å². The molecule has 4 N–H and O–H groups in total. The Bertz CT molecular complexity index is 560. The molecule has 0 aliphatic carbocycles. The normalized spacial score (nSPS) is 11.5. The van der Waals surface area contributed by atoms with E-state index in [4.69, 9.17) is 5.73 Å². The molecule has 0 aromatic heterocycles. The van der Waals surface area contributed by atoms with Crippen LogP contribution in [0.4, 0.5) is 0 Å². The summed E-state index contributed by atoms with van der Waals surface area (Å²) in [4.78, 5) is 11.1. The summed E-state index contributed by atoms with van der Waals surface area (Å²) in [6, 6.07) is 4.14. The van der Waals surface area contributed by atoms with Crippen molar-refractivity contribution in [2.75, 3.05) is 19.6 Å². The lowest BCUT2D eigenvalue weighted by atomic mass is 10.2. The van der Waals surface area contributed by atoms with Crippen molar-refractivity contribution in [1.29, 1.82) is 0 Å². The average molecular weight is 350 g/mol. The van der Waals surface area contributed by atoms with Gasteiger partial charge in [-0.15, -0.1) is 0 Å². The Hall–Kier alpha value is -0.960. The zero-order valence-electron chi connectivity index (χ0n) is 10.4. The summed E-state index contributed by atoms with van der Waals surface area (Å²) in [5.41, 5.74) is 5.29. The Labute approximate surface area is 120 Å². The number of primary amides is 1. The zero-order chi connectivity index (χ0) is 14.5. The molecule has 0 bridgehead atoms. The van der Waals surface area contributed by atoms with E-state index >= 15 is 0 Å². The standard InChI is InChI=1S/C11H16BrN3O3S/c1-2-14-3-4-15-19(17,18)10-6-8(11(13)16)5-9(12)7-10/h5-7,14-15H,2-4H2,1H3,(H2,13,16). The van der Waals surface area contributed by atoms with Gasteiger partial charge in [0.2, 0.25) is 15.9 Å². The van der Waals surface area contributed by atoms with Crippen molar-refractivity contribution in [1.82, 2.24) is 10.0 Å². The van der Waals surface area contributed by atoms with Gasteiger partial charge in [-0.3, -0.25) is 4.79 Å². The molecule has 0 aliphatic heterocycles. The number of carbonyl (C=O) groups is 1. The van der Waals surface area contributed by atoms with Gasteiger partial charge in [0.15, 0.2) is 0 Å². The summed E-state index contributed by atoms with van der Waals surface area (Å²) in [6.45, 7) is 3.51. The average Bonchev–Trinajstić information content (AvgIpc) is 2.34. The summed E-state index contributed by atoms with van der Waals surface area (Å²) in [5, 5.41) is 3.00. The molecule has 1 rings (SSSR count). The lowest BCUT2D eigenvalue weighted by Crippen LogP contribution is -2.32. The molecule has 1 aromatic carbocycles. The van der Waals surface area contributed by atoms with Crippen molar-refractivity contribution < 1.29 is 13.2 Å². The first-order valence-corrected chi connectivity index (χ1v) is 7.95.